The number of benzene rings is 2. The maximum Gasteiger partial charge on any atom is 0.573 e. The van der Waals surface area contributed by atoms with Gasteiger partial charge in [0.1, 0.15) is 17.2 Å². The Balaban J connectivity index is 1.93. The van der Waals surface area contributed by atoms with E-state index in [1.54, 1.807) is 12.1 Å². The van der Waals surface area contributed by atoms with Crippen molar-refractivity contribution in [2.45, 2.75) is 18.2 Å². The van der Waals surface area contributed by atoms with Crippen LogP contribution in [0, 0.1) is 6.92 Å². The minimum absolute atomic E-state index is 0.0375. The van der Waals surface area contributed by atoms with E-state index in [9.17, 15) is 21.6 Å². The molecule has 0 atom stereocenters. The Morgan fingerprint density at radius 3 is 2.21 bits per heavy atom. The number of halogens is 4. The number of nitrogens with one attached hydrogen (secondary N) is 1. The molecule has 152 valence electrons. The lowest BCUT2D eigenvalue weighted by Gasteiger charge is -2.13. The van der Waals surface area contributed by atoms with Crippen LogP contribution in [0.3, 0.4) is 0 Å². The summed E-state index contributed by atoms with van der Waals surface area (Å²) in [6.45, 7) is 1.89. The lowest BCUT2D eigenvalue weighted by Crippen LogP contribution is -2.17. The first-order valence-electron chi connectivity index (χ1n) is 8.01. The van der Waals surface area contributed by atoms with E-state index < -0.39 is 22.1 Å². The highest BCUT2D eigenvalue weighted by atomic mass is 35.5. The molecule has 0 aliphatic rings. The zero-order valence-electron chi connectivity index (χ0n) is 14.7. The summed E-state index contributed by atoms with van der Waals surface area (Å²) >= 11 is 6.15. The van der Waals surface area contributed by atoms with E-state index in [0.29, 0.717) is 5.56 Å². The van der Waals surface area contributed by atoms with E-state index in [-0.39, 0.29) is 21.4 Å². The number of sulfonamides is 1. The molecule has 0 amide bonds. The lowest BCUT2D eigenvalue weighted by molar-refractivity contribution is -0.274. The van der Waals surface area contributed by atoms with Gasteiger partial charge in [-0.3, -0.25) is 4.72 Å². The van der Waals surface area contributed by atoms with Gasteiger partial charge in [-0.25, -0.2) is 18.4 Å². The Bertz CT molecular complexity index is 1120. The van der Waals surface area contributed by atoms with Crippen LogP contribution in [-0.2, 0) is 10.0 Å². The molecular weight excluding hydrogens is 431 g/mol. The van der Waals surface area contributed by atoms with Gasteiger partial charge in [0.05, 0.1) is 10.5 Å². The maximum atomic E-state index is 12.7. The Morgan fingerprint density at radius 2 is 1.62 bits per heavy atom. The summed E-state index contributed by atoms with van der Waals surface area (Å²) in [6.07, 6.45) is -3.78. The molecule has 3 aromatic rings. The molecule has 3 rings (SSSR count). The number of hydrogen-bond donors (Lipinski definition) is 1. The van der Waals surface area contributed by atoms with Gasteiger partial charge in [-0.2, -0.15) is 0 Å². The monoisotopic (exact) mass is 443 g/mol. The normalized spacial score (nSPS) is 11.9. The van der Waals surface area contributed by atoms with Gasteiger partial charge in [-0.15, -0.1) is 13.2 Å². The van der Waals surface area contributed by atoms with Crippen molar-refractivity contribution in [1.29, 1.82) is 0 Å². The second kappa shape index (κ2) is 7.88. The molecular formula is C18H13ClF3N3O3S. The van der Waals surface area contributed by atoms with Gasteiger partial charge in [0.15, 0.2) is 5.82 Å². The van der Waals surface area contributed by atoms with E-state index in [4.69, 9.17) is 11.6 Å². The molecule has 0 bridgehead atoms. The Labute approximate surface area is 169 Å². The molecule has 1 N–H and O–H groups in total. The number of ether oxygens (including phenoxy) is 1. The third-order valence-electron chi connectivity index (χ3n) is 3.74. The Hall–Kier alpha value is -2.85. The third kappa shape index (κ3) is 5.15. The minimum Gasteiger partial charge on any atom is -0.406 e. The standard InChI is InChI=1S/C18H13ClF3N3O3S/c1-11-2-4-12(5-3-11)15-16(19)23-10-24-17(15)25-29(26,27)14-8-6-13(7-9-14)28-18(20,21)22/h2-10H,1H3,(H,23,24,25). The summed E-state index contributed by atoms with van der Waals surface area (Å²) in [5, 5.41) is 0.0375. The Kier molecular flexibility index (Phi) is 5.67. The number of nitrogens with zero attached hydrogens (tertiary/aromatic N) is 2. The number of hydrogen-bond acceptors (Lipinski definition) is 5. The van der Waals surface area contributed by atoms with E-state index in [1.165, 1.54) is 0 Å². The molecule has 1 aromatic heterocycles. The highest BCUT2D eigenvalue weighted by molar-refractivity contribution is 7.92. The summed E-state index contributed by atoms with van der Waals surface area (Å²) in [7, 11) is -4.16. The molecule has 2 aromatic carbocycles. The maximum absolute atomic E-state index is 12.7. The molecule has 0 unspecified atom stereocenters. The van der Waals surface area contributed by atoms with Crippen LogP contribution in [0.2, 0.25) is 5.15 Å². The first kappa shape index (κ1) is 20.9. The first-order chi connectivity index (χ1) is 13.5. The minimum atomic E-state index is -4.88. The van der Waals surface area contributed by atoms with Crippen molar-refractivity contribution in [3.8, 4) is 16.9 Å². The average molecular weight is 444 g/mol. The molecule has 29 heavy (non-hydrogen) atoms. The van der Waals surface area contributed by atoms with Crippen LogP contribution in [0.1, 0.15) is 5.56 Å². The second-order valence-electron chi connectivity index (χ2n) is 5.88. The van der Waals surface area contributed by atoms with Crippen molar-refractivity contribution in [3.05, 3.63) is 65.6 Å². The topological polar surface area (TPSA) is 81.2 Å². The lowest BCUT2D eigenvalue weighted by atomic mass is 10.1. The van der Waals surface area contributed by atoms with Crippen molar-refractivity contribution >= 4 is 27.4 Å². The van der Waals surface area contributed by atoms with Crippen LogP contribution in [0.4, 0.5) is 19.0 Å². The van der Waals surface area contributed by atoms with Gasteiger partial charge in [-0.1, -0.05) is 41.4 Å². The molecule has 0 saturated heterocycles. The second-order valence-corrected chi connectivity index (χ2v) is 7.92. The van der Waals surface area contributed by atoms with Gasteiger partial charge >= 0.3 is 6.36 Å². The molecule has 0 saturated carbocycles. The molecule has 0 fully saturated rings. The van der Waals surface area contributed by atoms with E-state index in [0.717, 1.165) is 36.2 Å². The molecule has 0 aliphatic carbocycles. The zero-order valence-corrected chi connectivity index (χ0v) is 16.3. The van der Waals surface area contributed by atoms with Crippen molar-refractivity contribution in [3.63, 3.8) is 0 Å². The fourth-order valence-corrected chi connectivity index (χ4v) is 3.69. The third-order valence-corrected chi connectivity index (χ3v) is 5.38. The first-order valence-corrected chi connectivity index (χ1v) is 9.87. The van der Waals surface area contributed by atoms with Gasteiger partial charge in [0, 0.05) is 0 Å². The summed E-state index contributed by atoms with van der Waals surface area (Å²) in [5.74, 6) is -0.605. The highest BCUT2D eigenvalue weighted by Gasteiger charge is 2.31. The van der Waals surface area contributed by atoms with E-state index >= 15 is 0 Å². The average Bonchev–Trinajstić information content (AvgIpc) is 2.62. The molecule has 0 spiro atoms. The van der Waals surface area contributed by atoms with Crippen LogP contribution in [-0.4, -0.2) is 24.7 Å². The summed E-state index contributed by atoms with van der Waals surface area (Å²) in [4.78, 5) is 7.56. The predicted molar refractivity (Wildman–Crippen MR) is 101 cm³/mol. The van der Waals surface area contributed by atoms with Gasteiger partial charge in [0.25, 0.3) is 10.0 Å². The van der Waals surface area contributed by atoms with Crippen LogP contribution in [0.15, 0.2) is 59.8 Å². The molecule has 6 nitrogen and oxygen atoms in total. The fourth-order valence-electron chi connectivity index (χ4n) is 2.42. The predicted octanol–water partition coefficient (Wildman–Crippen LogP) is 4.80. The van der Waals surface area contributed by atoms with Crippen molar-refractivity contribution in [2.75, 3.05) is 4.72 Å². The van der Waals surface area contributed by atoms with E-state index in [1.807, 2.05) is 19.1 Å². The number of rotatable bonds is 5. The smallest absolute Gasteiger partial charge is 0.406 e. The molecule has 1 heterocycles. The van der Waals surface area contributed by atoms with Crippen molar-refractivity contribution < 1.29 is 26.3 Å². The number of aryl methyl sites for hydroxylation is 1. The Morgan fingerprint density at radius 1 is 1.00 bits per heavy atom. The summed E-state index contributed by atoms with van der Waals surface area (Å²) in [5.41, 5.74) is 1.85. The fraction of sp³-hybridized carbons (Fsp3) is 0.111. The molecule has 0 radical (unpaired) electrons. The largest absolute Gasteiger partial charge is 0.573 e. The van der Waals surface area contributed by atoms with Crippen LogP contribution in [0.25, 0.3) is 11.1 Å². The van der Waals surface area contributed by atoms with Crippen molar-refractivity contribution in [2.24, 2.45) is 0 Å². The van der Waals surface area contributed by atoms with Crippen LogP contribution >= 0.6 is 11.6 Å². The summed E-state index contributed by atoms with van der Waals surface area (Å²) in [6, 6.07) is 10.9. The molecule has 0 aliphatic heterocycles. The number of aromatic nitrogens is 2. The van der Waals surface area contributed by atoms with Crippen LogP contribution in [0.5, 0.6) is 5.75 Å². The van der Waals surface area contributed by atoms with Gasteiger partial charge < -0.3 is 4.74 Å². The number of anilines is 1. The SMILES string of the molecule is Cc1ccc(-c2c(Cl)ncnc2NS(=O)(=O)c2ccc(OC(F)(F)F)cc2)cc1. The number of alkyl halides is 3. The quantitative estimate of drug-likeness (QED) is 0.572. The van der Waals surface area contributed by atoms with Gasteiger partial charge in [-0.05, 0) is 36.8 Å². The molecule has 11 heteroatoms. The summed E-state index contributed by atoms with van der Waals surface area (Å²) < 4.78 is 68.1. The zero-order chi connectivity index (χ0) is 21.2. The van der Waals surface area contributed by atoms with E-state index in [2.05, 4.69) is 19.4 Å². The van der Waals surface area contributed by atoms with Crippen molar-refractivity contribution in [1.82, 2.24) is 9.97 Å². The van der Waals surface area contributed by atoms with Crippen LogP contribution < -0.4 is 9.46 Å². The van der Waals surface area contributed by atoms with Gasteiger partial charge in [0.2, 0.25) is 0 Å². The highest BCUT2D eigenvalue weighted by Crippen LogP contribution is 2.33.